The van der Waals surface area contributed by atoms with Gasteiger partial charge in [0.2, 0.25) is 5.91 Å². The van der Waals surface area contributed by atoms with Crippen LogP contribution >= 0.6 is 0 Å². The highest BCUT2D eigenvalue weighted by Crippen LogP contribution is 2.33. The number of hydrogen-bond acceptors (Lipinski definition) is 2. The Hall–Kier alpha value is -0.570. The standard InChI is InChI=1S/C9H18N2O/c1-2-8(5-7-3-4-7)11-9(12)6-10/h7-8H,2-6,10H2,1H3,(H,11,12). The van der Waals surface area contributed by atoms with Gasteiger partial charge in [-0.05, 0) is 18.8 Å². The van der Waals surface area contributed by atoms with Gasteiger partial charge in [-0.3, -0.25) is 4.79 Å². The second kappa shape index (κ2) is 4.45. The average molecular weight is 170 g/mol. The minimum Gasteiger partial charge on any atom is -0.352 e. The maximum absolute atomic E-state index is 10.9. The summed E-state index contributed by atoms with van der Waals surface area (Å²) in [6.45, 7) is 2.21. The molecule has 3 nitrogen and oxygen atoms in total. The van der Waals surface area contributed by atoms with Crippen molar-refractivity contribution >= 4 is 5.91 Å². The number of carbonyl (C=O) groups is 1. The largest absolute Gasteiger partial charge is 0.352 e. The van der Waals surface area contributed by atoms with Crippen LogP contribution < -0.4 is 11.1 Å². The Morgan fingerprint density at radius 1 is 1.67 bits per heavy atom. The third-order valence-corrected chi connectivity index (χ3v) is 2.36. The summed E-state index contributed by atoms with van der Waals surface area (Å²) in [5.41, 5.74) is 5.21. The van der Waals surface area contributed by atoms with E-state index in [0.717, 1.165) is 18.8 Å². The van der Waals surface area contributed by atoms with E-state index < -0.39 is 0 Å². The van der Waals surface area contributed by atoms with Gasteiger partial charge < -0.3 is 11.1 Å². The van der Waals surface area contributed by atoms with Crippen molar-refractivity contribution in [1.82, 2.24) is 5.32 Å². The lowest BCUT2D eigenvalue weighted by Crippen LogP contribution is -2.38. The lowest BCUT2D eigenvalue weighted by atomic mass is 10.1. The van der Waals surface area contributed by atoms with Crippen LogP contribution in [0.4, 0.5) is 0 Å². The monoisotopic (exact) mass is 170 g/mol. The Morgan fingerprint density at radius 3 is 2.75 bits per heavy atom. The van der Waals surface area contributed by atoms with E-state index in [9.17, 15) is 4.79 Å². The molecule has 1 aliphatic rings. The maximum atomic E-state index is 10.9. The predicted octanol–water partition coefficient (Wildman–Crippen LogP) is 0.640. The van der Waals surface area contributed by atoms with Gasteiger partial charge in [0.25, 0.3) is 0 Å². The quantitative estimate of drug-likeness (QED) is 0.636. The number of nitrogens with one attached hydrogen (secondary N) is 1. The first-order valence-electron chi connectivity index (χ1n) is 4.75. The van der Waals surface area contributed by atoms with Gasteiger partial charge in [0.05, 0.1) is 6.54 Å². The molecule has 0 saturated heterocycles. The molecule has 3 heteroatoms. The van der Waals surface area contributed by atoms with Crippen molar-refractivity contribution in [3.8, 4) is 0 Å². The van der Waals surface area contributed by atoms with Crippen molar-refractivity contribution in [2.45, 2.75) is 38.6 Å². The summed E-state index contributed by atoms with van der Waals surface area (Å²) >= 11 is 0. The normalized spacial score (nSPS) is 18.8. The number of rotatable bonds is 5. The molecule has 12 heavy (non-hydrogen) atoms. The van der Waals surface area contributed by atoms with Gasteiger partial charge in [-0.25, -0.2) is 0 Å². The summed E-state index contributed by atoms with van der Waals surface area (Å²) in [6, 6.07) is 0.355. The first kappa shape index (κ1) is 9.52. The SMILES string of the molecule is CCC(CC1CC1)NC(=O)CN. The number of hydrogen-bond donors (Lipinski definition) is 2. The molecule has 1 rings (SSSR count). The summed E-state index contributed by atoms with van der Waals surface area (Å²) in [5, 5.41) is 2.92. The zero-order valence-corrected chi connectivity index (χ0v) is 7.68. The number of nitrogens with two attached hydrogens (primary N) is 1. The van der Waals surface area contributed by atoms with E-state index in [2.05, 4.69) is 12.2 Å². The van der Waals surface area contributed by atoms with Gasteiger partial charge in [-0.2, -0.15) is 0 Å². The van der Waals surface area contributed by atoms with Crippen LogP contribution in [0.5, 0.6) is 0 Å². The zero-order chi connectivity index (χ0) is 8.97. The van der Waals surface area contributed by atoms with E-state index in [1.54, 1.807) is 0 Å². The molecule has 3 N–H and O–H groups in total. The molecular formula is C9H18N2O. The highest BCUT2D eigenvalue weighted by atomic mass is 16.1. The van der Waals surface area contributed by atoms with Crippen LogP contribution in [0, 0.1) is 5.92 Å². The molecule has 70 valence electrons. The van der Waals surface area contributed by atoms with Crippen molar-refractivity contribution in [2.75, 3.05) is 6.54 Å². The van der Waals surface area contributed by atoms with E-state index >= 15 is 0 Å². The van der Waals surface area contributed by atoms with E-state index in [4.69, 9.17) is 5.73 Å². The Kier molecular flexibility index (Phi) is 3.53. The van der Waals surface area contributed by atoms with Crippen molar-refractivity contribution in [2.24, 2.45) is 11.7 Å². The van der Waals surface area contributed by atoms with Gasteiger partial charge in [-0.1, -0.05) is 19.8 Å². The van der Waals surface area contributed by atoms with E-state index in [1.165, 1.54) is 12.8 Å². The highest BCUT2D eigenvalue weighted by molar-refractivity contribution is 5.78. The fraction of sp³-hybridized carbons (Fsp3) is 0.889. The molecule has 0 aromatic heterocycles. The third kappa shape index (κ3) is 3.22. The van der Waals surface area contributed by atoms with E-state index in [0.29, 0.717) is 6.04 Å². The lowest BCUT2D eigenvalue weighted by Gasteiger charge is -2.15. The fourth-order valence-electron chi connectivity index (χ4n) is 1.37. The van der Waals surface area contributed by atoms with Crippen LogP contribution in [0.1, 0.15) is 32.6 Å². The van der Waals surface area contributed by atoms with Crippen LogP contribution in [0.15, 0.2) is 0 Å². The molecule has 0 radical (unpaired) electrons. The summed E-state index contributed by atoms with van der Waals surface area (Å²) in [7, 11) is 0. The molecule has 1 fully saturated rings. The van der Waals surface area contributed by atoms with Gasteiger partial charge in [0, 0.05) is 6.04 Å². The first-order chi connectivity index (χ1) is 5.76. The summed E-state index contributed by atoms with van der Waals surface area (Å²) in [4.78, 5) is 10.9. The third-order valence-electron chi connectivity index (χ3n) is 2.36. The van der Waals surface area contributed by atoms with Gasteiger partial charge in [0.1, 0.15) is 0 Å². The summed E-state index contributed by atoms with van der Waals surface area (Å²) in [6.07, 6.45) is 4.84. The van der Waals surface area contributed by atoms with Crippen LogP contribution in [0.25, 0.3) is 0 Å². The molecule has 1 aliphatic carbocycles. The Bertz CT molecular complexity index is 155. The smallest absolute Gasteiger partial charge is 0.233 e. The first-order valence-corrected chi connectivity index (χ1v) is 4.75. The van der Waals surface area contributed by atoms with E-state index in [-0.39, 0.29) is 12.5 Å². The second-order valence-corrected chi connectivity index (χ2v) is 3.56. The van der Waals surface area contributed by atoms with Crippen molar-refractivity contribution in [1.29, 1.82) is 0 Å². The molecule has 0 aromatic carbocycles. The second-order valence-electron chi connectivity index (χ2n) is 3.56. The summed E-state index contributed by atoms with van der Waals surface area (Å²) < 4.78 is 0. The lowest BCUT2D eigenvalue weighted by molar-refractivity contribution is -0.120. The fourth-order valence-corrected chi connectivity index (χ4v) is 1.37. The maximum Gasteiger partial charge on any atom is 0.233 e. The van der Waals surface area contributed by atoms with Crippen molar-refractivity contribution in [3.63, 3.8) is 0 Å². The van der Waals surface area contributed by atoms with Gasteiger partial charge in [-0.15, -0.1) is 0 Å². The number of carbonyl (C=O) groups excluding carboxylic acids is 1. The average Bonchev–Trinajstić information content (AvgIpc) is 2.86. The number of amides is 1. The minimum atomic E-state index is -0.0255. The van der Waals surface area contributed by atoms with Crippen molar-refractivity contribution in [3.05, 3.63) is 0 Å². The predicted molar refractivity (Wildman–Crippen MR) is 48.6 cm³/mol. The zero-order valence-electron chi connectivity index (χ0n) is 7.68. The molecule has 1 atom stereocenters. The molecule has 0 aromatic rings. The van der Waals surface area contributed by atoms with Gasteiger partial charge in [0.15, 0.2) is 0 Å². The van der Waals surface area contributed by atoms with Crippen LogP contribution in [-0.4, -0.2) is 18.5 Å². The van der Waals surface area contributed by atoms with E-state index in [1.807, 2.05) is 0 Å². The van der Waals surface area contributed by atoms with Crippen LogP contribution in [0.2, 0.25) is 0 Å². The van der Waals surface area contributed by atoms with Gasteiger partial charge >= 0.3 is 0 Å². The molecule has 0 bridgehead atoms. The Balaban J connectivity index is 2.18. The minimum absolute atomic E-state index is 0.0255. The topological polar surface area (TPSA) is 55.1 Å². The molecule has 1 amide bonds. The molecule has 0 aliphatic heterocycles. The van der Waals surface area contributed by atoms with Crippen LogP contribution in [0.3, 0.4) is 0 Å². The van der Waals surface area contributed by atoms with Crippen LogP contribution in [-0.2, 0) is 4.79 Å². The molecule has 0 spiro atoms. The van der Waals surface area contributed by atoms with Crippen molar-refractivity contribution < 1.29 is 4.79 Å². The molecular weight excluding hydrogens is 152 g/mol. The summed E-state index contributed by atoms with van der Waals surface area (Å²) in [5.74, 6) is 0.843. The molecule has 1 unspecified atom stereocenters. The molecule has 1 saturated carbocycles. The Labute approximate surface area is 73.7 Å². The Morgan fingerprint density at radius 2 is 2.33 bits per heavy atom. The highest BCUT2D eigenvalue weighted by Gasteiger charge is 2.25. The molecule has 0 heterocycles.